The molecule has 142 valence electrons. The summed E-state index contributed by atoms with van der Waals surface area (Å²) in [5, 5.41) is 6.03. The van der Waals surface area contributed by atoms with Crippen LogP contribution in [-0.2, 0) is 9.59 Å². The fraction of sp³-hybridized carbons (Fsp3) is 0.579. The van der Waals surface area contributed by atoms with E-state index < -0.39 is 0 Å². The highest BCUT2D eigenvalue weighted by atomic mass is 79.9. The van der Waals surface area contributed by atoms with Crippen LogP contribution in [0.5, 0.6) is 0 Å². The number of aryl methyl sites for hydroxylation is 1. The van der Waals surface area contributed by atoms with Gasteiger partial charge in [-0.05, 0) is 60.3 Å². The third kappa shape index (κ3) is 5.28. The van der Waals surface area contributed by atoms with Gasteiger partial charge in [0.1, 0.15) is 0 Å². The van der Waals surface area contributed by atoms with Crippen molar-refractivity contribution in [1.82, 2.24) is 15.1 Å². The molecule has 1 unspecified atom stereocenters. The molecular weight excluding hydrogens is 396 g/mol. The Morgan fingerprint density at radius 3 is 2.54 bits per heavy atom. The van der Waals surface area contributed by atoms with E-state index >= 15 is 0 Å². The van der Waals surface area contributed by atoms with Crippen molar-refractivity contribution < 1.29 is 9.59 Å². The molecule has 1 heterocycles. The van der Waals surface area contributed by atoms with Gasteiger partial charge in [0.15, 0.2) is 0 Å². The minimum Gasteiger partial charge on any atom is -0.352 e. The van der Waals surface area contributed by atoms with E-state index in [1.165, 1.54) is 0 Å². The van der Waals surface area contributed by atoms with E-state index in [1.54, 1.807) is 0 Å². The Morgan fingerprint density at radius 2 is 1.92 bits per heavy atom. The normalized spacial score (nSPS) is 19.8. The van der Waals surface area contributed by atoms with Gasteiger partial charge in [0.2, 0.25) is 11.8 Å². The van der Waals surface area contributed by atoms with Gasteiger partial charge in [-0.15, -0.1) is 0 Å². The molecule has 2 aliphatic rings. The van der Waals surface area contributed by atoms with Gasteiger partial charge in [0.05, 0.1) is 18.3 Å². The van der Waals surface area contributed by atoms with Gasteiger partial charge in [-0.25, -0.2) is 0 Å². The van der Waals surface area contributed by atoms with Crippen molar-refractivity contribution in [3.63, 3.8) is 0 Å². The van der Waals surface area contributed by atoms with E-state index in [2.05, 4.69) is 36.4 Å². The van der Waals surface area contributed by atoms with E-state index in [9.17, 15) is 9.59 Å². The smallest absolute Gasteiger partial charge is 0.241 e. The second-order valence-electron chi connectivity index (χ2n) is 7.30. The van der Waals surface area contributed by atoms with E-state index in [4.69, 9.17) is 0 Å². The molecular formula is C19H27BrN4O2. The van der Waals surface area contributed by atoms with Crippen molar-refractivity contribution in [2.24, 2.45) is 0 Å². The third-order valence-electron chi connectivity index (χ3n) is 5.03. The van der Waals surface area contributed by atoms with Crippen LogP contribution < -0.4 is 10.6 Å². The van der Waals surface area contributed by atoms with Crippen molar-refractivity contribution in [3.8, 4) is 0 Å². The molecule has 1 saturated carbocycles. The van der Waals surface area contributed by atoms with E-state index in [0.717, 1.165) is 54.7 Å². The van der Waals surface area contributed by atoms with Gasteiger partial charge in [-0.2, -0.15) is 0 Å². The predicted octanol–water partition coefficient (Wildman–Crippen LogP) is 1.98. The summed E-state index contributed by atoms with van der Waals surface area (Å²) < 4.78 is 0.893. The maximum atomic E-state index is 12.6. The molecule has 1 atom stereocenters. The number of anilines is 1. The first-order chi connectivity index (χ1) is 12.4. The molecule has 7 heteroatoms. The highest BCUT2D eigenvalue weighted by Crippen LogP contribution is 2.24. The Kier molecular flexibility index (Phi) is 6.32. The number of hydrogen-bond acceptors (Lipinski definition) is 4. The minimum absolute atomic E-state index is 0.00511. The molecule has 3 rings (SSSR count). The molecule has 6 nitrogen and oxygen atoms in total. The molecule has 2 fully saturated rings. The Labute approximate surface area is 163 Å². The zero-order chi connectivity index (χ0) is 18.7. The zero-order valence-corrected chi connectivity index (χ0v) is 17.0. The molecule has 1 aliphatic carbocycles. The lowest BCUT2D eigenvalue weighted by atomic mass is 10.2. The molecule has 2 N–H and O–H groups in total. The molecule has 0 aromatic heterocycles. The number of carbonyl (C=O) groups excluding carboxylic acids is 2. The SMILES string of the molecule is Cc1ccc(NC(=O)C(C)N2CCN(CC(=O)NC3CC3)CC2)c(Br)c1. The number of nitrogens with zero attached hydrogens (tertiary/aromatic N) is 2. The third-order valence-corrected chi connectivity index (χ3v) is 5.68. The van der Waals surface area contributed by atoms with Crippen LogP contribution in [0.15, 0.2) is 22.7 Å². The molecule has 1 aromatic rings. The molecule has 0 radical (unpaired) electrons. The van der Waals surface area contributed by atoms with Gasteiger partial charge in [0.25, 0.3) is 0 Å². The average molecular weight is 423 g/mol. The van der Waals surface area contributed by atoms with Crippen molar-refractivity contribution >= 4 is 33.4 Å². The summed E-state index contributed by atoms with van der Waals surface area (Å²) in [5.74, 6) is 0.116. The van der Waals surface area contributed by atoms with Crippen LogP contribution in [0.2, 0.25) is 0 Å². The Balaban J connectivity index is 1.45. The number of carbonyl (C=O) groups is 2. The Hall–Kier alpha value is -1.44. The molecule has 2 amide bonds. The number of benzene rings is 1. The fourth-order valence-corrected chi connectivity index (χ4v) is 3.73. The molecule has 1 aliphatic heterocycles. The molecule has 1 aromatic carbocycles. The summed E-state index contributed by atoms with van der Waals surface area (Å²) >= 11 is 3.50. The summed E-state index contributed by atoms with van der Waals surface area (Å²) in [6.07, 6.45) is 2.23. The van der Waals surface area contributed by atoms with Crippen LogP contribution in [0.4, 0.5) is 5.69 Å². The average Bonchev–Trinajstić information content (AvgIpc) is 3.41. The monoisotopic (exact) mass is 422 g/mol. The summed E-state index contributed by atoms with van der Waals surface area (Å²) in [6.45, 7) is 7.62. The largest absolute Gasteiger partial charge is 0.352 e. The summed E-state index contributed by atoms with van der Waals surface area (Å²) in [6, 6.07) is 6.10. The lowest BCUT2D eigenvalue weighted by molar-refractivity contribution is -0.124. The van der Waals surface area contributed by atoms with Crippen LogP contribution in [0.3, 0.4) is 0 Å². The highest BCUT2D eigenvalue weighted by Gasteiger charge is 2.28. The topological polar surface area (TPSA) is 64.7 Å². The summed E-state index contributed by atoms with van der Waals surface area (Å²) in [5.41, 5.74) is 1.94. The lowest BCUT2D eigenvalue weighted by Crippen LogP contribution is -2.54. The summed E-state index contributed by atoms with van der Waals surface area (Å²) in [4.78, 5) is 28.8. The van der Waals surface area contributed by atoms with Gasteiger partial charge in [-0.1, -0.05) is 6.07 Å². The molecule has 1 saturated heterocycles. The number of piperazine rings is 1. The Bertz CT molecular complexity index is 670. The fourth-order valence-electron chi connectivity index (χ4n) is 3.14. The van der Waals surface area contributed by atoms with Crippen molar-refractivity contribution in [3.05, 3.63) is 28.2 Å². The first kappa shape index (κ1) is 19.3. The number of halogens is 1. The van der Waals surface area contributed by atoms with Gasteiger partial charge >= 0.3 is 0 Å². The maximum Gasteiger partial charge on any atom is 0.241 e. The van der Waals surface area contributed by atoms with E-state index in [1.807, 2.05) is 32.0 Å². The van der Waals surface area contributed by atoms with Crippen LogP contribution in [0.1, 0.15) is 25.3 Å². The predicted molar refractivity (Wildman–Crippen MR) is 106 cm³/mol. The standard InChI is InChI=1S/C19H27BrN4O2/c1-13-3-6-17(16(20)11-13)22-19(26)14(2)24-9-7-23(8-10-24)12-18(25)21-15-4-5-15/h3,6,11,14-15H,4-5,7-10,12H2,1-2H3,(H,21,25)(H,22,26). The second-order valence-corrected chi connectivity index (χ2v) is 8.16. The van der Waals surface area contributed by atoms with Crippen LogP contribution in [0.25, 0.3) is 0 Å². The number of nitrogens with one attached hydrogen (secondary N) is 2. The first-order valence-electron chi connectivity index (χ1n) is 9.25. The van der Waals surface area contributed by atoms with Crippen molar-refractivity contribution in [2.75, 3.05) is 38.0 Å². The number of hydrogen-bond donors (Lipinski definition) is 2. The van der Waals surface area contributed by atoms with Gasteiger partial charge in [-0.3, -0.25) is 19.4 Å². The summed E-state index contributed by atoms with van der Waals surface area (Å²) in [7, 11) is 0. The van der Waals surface area contributed by atoms with Crippen LogP contribution in [-0.4, -0.2) is 66.4 Å². The van der Waals surface area contributed by atoms with Crippen molar-refractivity contribution in [2.45, 2.75) is 38.8 Å². The minimum atomic E-state index is -0.203. The van der Waals surface area contributed by atoms with E-state index in [0.29, 0.717) is 12.6 Å². The maximum absolute atomic E-state index is 12.6. The molecule has 26 heavy (non-hydrogen) atoms. The quantitative estimate of drug-likeness (QED) is 0.735. The number of amides is 2. The van der Waals surface area contributed by atoms with Crippen LogP contribution in [0, 0.1) is 6.92 Å². The highest BCUT2D eigenvalue weighted by molar-refractivity contribution is 9.10. The van der Waals surface area contributed by atoms with Gasteiger partial charge < -0.3 is 10.6 Å². The Morgan fingerprint density at radius 1 is 1.23 bits per heavy atom. The van der Waals surface area contributed by atoms with Crippen molar-refractivity contribution in [1.29, 1.82) is 0 Å². The van der Waals surface area contributed by atoms with Gasteiger partial charge in [0, 0.05) is 36.7 Å². The first-order valence-corrected chi connectivity index (χ1v) is 10.0. The second kappa shape index (κ2) is 8.50. The molecule has 0 spiro atoms. The number of rotatable bonds is 6. The van der Waals surface area contributed by atoms with E-state index in [-0.39, 0.29) is 17.9 Å². The zero-order valence-electron chi connectivity index (χ0n) is 15.4. The lowest BCUT2D eigenvalue weighted by Gasteiger charge is -2.37. The molecule has 0 bridgehead atoms. The van der Waals surface area contributed by atoms with Crippen LogP contribution >= 0.6 is 15.9 Å².